The molecule has 1 saturated carbocycles. The summed E-state index contributed by atoms with van der Waals surface area (Å²) in [5, 5.41) is 29.8. The Morgan fingerprint density at radius 3 is 2.77 bits per heavy atom. The van der Waals surface area contributed by atoms with Crippen LogP contribution in [0, 0.1) is 11.8 Å². The number of fused-ring (bicyclic) bond motifs is 1. The fraction of sp³-hybridized carbons (Fsp3) is 0.842. The summed E-state index contributed by atoms with van der Waals surface area (Å²) >= 11 is 0. The lowest BCUT2D eigenvalue weighted by molar-refractivity contribution is -0.149. The molecule has 0 bridgehead atoms. The number of cyclic esters (lactones) is 1. The molecule has 26 heavy (non-hydrogen) atoms. The van der Waals surface area contributed by atoms with Crippen LogP contribution in [0.15, 0.2) is 12.2 Å². The summed E-state index contributed by atoms with van der Waals surface area (Å²) in [6.07, 6.45) is 4.94. The highest BCUT2D eigenvalue weighted by Crippen LogP contribution is 2.38. The van der Waals surface area contributed by atoms with Gasteiger partial charge in [-0.15, -0.1) is 0 Å². The third-order valence-corrected chi connectivity index (χ3v) is 7.20. The molecule has 6 nitrogen and oxygen atoms in total. The van der Waals surface area contributed by atoms with Gasteiger partial charge in [-0.05, 0) is 57.8 Å². The summed E-state index contributed by atoms with van der Waals surface area (Å²) in [7, 11) is -1.57. The zero-order valence-corrected chi connectivity index (χ0v) is 16.4. The average molecular weight is 389 g/mol. The first-order chi connectivity index (χ1) is 12.3. The summed E-state index contributed by atoms with van der Waals surface area (Å²) in [5.74, 6) is -0.724. The van der Waals surface area contributed by atoms with Gasteiger partial charge in [0.2, 0.25) is 0 Å². The number of rotatable bonds is 3. The number of carbonyl (C=O) groups excluding carboxylic acids is 1. The molecule has 1 aliphatic carbocycles. The molecule has 1 unspecified atom stereocenters. The van der Waals surface area contributed by atoms with Crippen LogP contribution in [0.4, 0.5) is 0 Å². The van der Waals surface area contributed by atoms with Crippen molar-refractivity contribution >= 4 is 16.8 Å². The zero-order valence-electron chi connectivity index (χ0n) is 15.6. The number of hydrogen-bond acceptors (Lipinski definition) is 6. The number of aliphatic hydroxyl groups excluding tert-OH is 3. The average Bonchev–Trinajstić information content (AvgIpc) is 2.91. The molecule has 0 radical (unpaired) electrons. The molecule has 2 rings (SSSR count). The summed E-state index contributed by atoms with van der Waals surface area (Å²) in [5.41, 5.74) is 0. The molecule has 0 saturated heterocycles. The number of aliphatic hydroxyl groups is 3. The molecule has 7 heteroatoms. The number of esters is 1. The van der Waals surface area contributed by atoms with Crippen molar-refractivity contribution in [1.29, 1.82) is 0 Å². The smallest absolute Gasteiger partial charge is 0.307 e. The van der Waals surface area contributed by atoms with Crippen LogP contribution < -0.4 is 0 Å². The standard InChI is InChI=1S/C19H32O6S/c1-12(20)11-26(24)17-10-18(22)25-13(2)6-4-3-5-7-14-8-15(21)9-16(14)19(17)23/h5,7,12-17,19-21,23H,3-4,6,8-11H2,1-2H3/b7-5+/t12-,13+,14-,15+,16-,17-,19+,26?/m1/s1. The number of carbonyl (C=O) groups is 1. The summed E-state index contributed by atoms with van der Waals surface area (Å²) in [4.78, 5) is 12.3. The maximum Gasteiger partial charge on any atom is 0.307 e. The first-order valence-corrected chi connectivity index (χ1v) is 10.9. The van der Waals surface area contributed by atoms with E-state index in [4.69, 9.17) is 4.74 Å². The molecular formula is C19H32O6S. The van der Waals surface area contributed by atoms with Gasteiger partial charge in [-0.1, -0.05) is 12.2 Å². The Morgan fingerprint density at radius 2 is 2.08 bits per heavy atom. The molecule has 0 aromatic heterocycles. The molecule has 1 fully saturated rings. The molecule has 0 aromatic carbocycles. The van der Waals surface area contributed by atoms with E-state index in [9.17, 15) is 24.3 Å². The molecule has 1 aliphatic heterocycles. The van der Waals surface area contributed by atoms with Crippen LogP contribution in [0.25, 0.3) is 0 Å². The third-order valence-electron chi connectivity index (χ3n) is 5.27. The van der Waals surface area contributed by atoms with Crippen LogP contribution in [-0.2, 0) is 20.3 Å². The maximum absolute atomic E-state index is 12.7. The van der Waals surface area contributed by atoms with Crippen molar-refractivity contribution in [2.45, 2.75) is 82.0 Å². The van der Waals surface area contributed by atoms with Crippen molar-refractivity contribution in [2.24, 2.45) is 11.8 Å². The van der Waals surface area contributed by atoms with Gasteiger partial charge < -0.3 is 20.1 Å². The van der Waals surface area contributed by atoms with Crippen LogP contribution in [0.3, 0.4) is 0 Å². The first-order valence-electron chi connectivity index (χ1n) is 9.55. The quantitative estimate of drug-likeness (QED) is 0.497. The Morgan fingerprint density at radius 1 is 1.35 bits per heavy atom. The lowest BCUT2D eigenvalue weighted by Gasteiger charge is -2.29. The van der Waals surface area contributed by atoms with Crippen LogP contribution in [-0.4, -0.2) is 60.9 Å². The van der Waals surface area contributed by atoms with Gasteiger partial charge in [-0.3, -0.25) is 9.00 Å². The predicted octanol–water partition coefficient (Wildman–Crippen LogP) is 1.29. The minimum atomic E-state index is -1.57. The minimum Gasteiger partial charge on any atom is -0.463 e. The minimum absolute atomic E-state index is 0.000229. The third kappa shape index (κ3) is 6.15. The van der Waals surface area contributed by atoms with E-state index in [-0.39, 0.29) is 30.1 Å². The predicted molar refractivity (Wildman–Crippen MR) is 99.9 cm³/mol. The molecule has 0 aromatic rings. The van der Waals surface area contributed by atoms with Gasteiger partial charge in [-0.25, -0.2) is 0 Å². The summed E-state index contributed by atoms with van der Waals surface area (Å²) in [6.45, 7) is 3.37. The number of hydrogen-bond donors (Lipinski definition) is 3. The second-order valence-corrected chi connectivity index (χ2v) is 9.44. The van der Waals surface area contributed by atoms with Crippen LogP contribution in [0.5, 0.6) is 0 Å². The highest BCUT2D eigenvalue weighted by Gasteiger charge is 2.42. The fourth-order valence-corrected chi connectivity index (χ4v) is 5.54. The van der Waals surface area contributed by atoms with Crippen LogP contribution >= 0.6 is 0 Å². The molecule has 8 atom stereocenters. The van der Waals surface area contributed by atoms with E-state index in [2.05, 4.69) is 6.08 Å². The van der Waals surface area contributed by atoms with Crippen LogP contribution in [0.1, 0.15) is 52.4 Å². The largest absolute Gasteiger partial charge is 0.463 e. The Kier molecular flexibility index (Phi) is 8.26. The summed E-state index contributed by atoms with van der Waals surface area (Å²) < 4.78 is 18.1. The monoisotopic (exact) mass is 388 g/mol. The van der Waals surface area contributed by atoms with Gasteiger partial charge in [0.25, 0.3) is 0 Å². The first kappa shape index (κ1) is 21.5. The molecule has 0 amide bonds. The van der Waals surface area contributed by atoms with Crippen molar-refractivity contribution in [2.75, 3.05) is 5.75 Å². The van der Waals surface area contributed by atoms with Gasteiger partial charge in [-0.2, -0.15) is 0 Å². The normalized spacial score (nSPS) is 40.3. The van der Waals surface area contributed by atoms with Crippen molar-refractivity contribution in [3.05, 3.63) is 12.2 Å². The Balaban J connectivity index is 2.26. The molecule has 0 spiro atoms. The van der Waals surface area contributed by atoms with Crippen molar-refractivity contribution in [3.8, 4) is 0 Å². The molecule has 150 valence electrons. The number of ether oxygens (including phenoxy) is 1. The van der Waals surface area contributed by atoms with Crippen molar-refractivity contribution in [1.82, 2.24) is 0 Å². The Hall–Kier alpha value is -0.760. The topological polar surface area (TPSA) is 104 Å². The Labute approximate surface area is 158 Å². The van der Waals surface area contributed by atoms with Crippen LogP contribution in [0.2, 0.25) is 0 Å². The van der Waals surface area contributed by atoms with Crippen molar-refractivity contribution in [3.63, 3.8) is 0 Å². The fourth-order valence-electron chi connectivity index (χ4n) is 3.98. The zero-order chi connectivity index (χ0) is 19.3. The lowest BCUT2D eigenvalue weighted by atomic mass is 9.87. The lowest BCUT2D eigenvalue weighted by Crippen LogP contribution is -2.42. The van der Waals surface area contributed by atoms with E-state index < -0.39 is 40.3 Å². The second-order valence-electron chi connectivity index (χ2n) is 7.74. The highest BCUT2D eigenvalue weighted by atomic mass is 32.2. The molecule has 1 heterocycles. The van der Waals surface area contributed by atoms with E-state index in [0.29, 0.717) is 12.8 Å². The molecular weight excluding hydrogens is 356 g/mol. The maximum atomic E-state index is 12.7. The van der Waals surface area contributed by atoms with E-state index in [1.54, 1.807) is 0 Å². The molecule has 3 N–H and O–H groups in total. The van der Waals surface area contributed by atoms with E-state index >= 15 is 0 Å². The van der Waals surface area contributed by atoms with Gasteiger partial charge in [0.1, 0.15) is 0 Å². The Bertz CT molecular complexity index is 520. The van der Waals surface area contributed by atoms with E-state index in [0.717, 1.165) is 19.3 Å². The van der Waals surface area contributed by atoms with Gasteiger partial charge >= 0.3 is 5.97 Å². The number of allylic oxidation sites excluding steroid dienone is 2. The molecule has 2 aliphatic rings. The van der Waals surface area contributed by atoms with Gasteiger partial charge in [0.05, 0.1) is 36.1 Å². The van der Waals surface area contributed by atoms with Gasteiger partial charge in [0.15, 0.2) is 0 Å². The highest BCUT2D eigenvalue weighted by molar-refractivity contribution is 7.85. The van der Waals surface area contributed by atoms with E-state index in [1.807, 2.05) is 13.0 Å². The van der Waals surface area contributed by atoms with E-state index in [1.165, 1.54) is 6.92 Å². The van der Waals surface area contributed by atoms with Crippen molar-refractivity contribution < 1.29 is 29.1 Å². The SMILES string of the molecule is C[C@@H](O)CS(=O)[C@@H]1CC(=O)O[C@@H](C)CCC/C=C/[C@@H]2C[C@H](O)C[C@H]2[C@@H]1O. The second kappa shape index (κ2) is 9.97. The van der Waals surface area contributed by atoms with Gasteiger partial charge in [0, 0.05) is 16.6 Å². The summed E-state index contributed by atoms with van der Waals surface area (Å²) in [6, 6.07) is 0.